The van der Waals surface area contributed by atoms with Crippen LogP contribution in [-0.4, -0.2) is 22.4 Å². The van der Waals surface area contributed by atoms with Gasteiger partial charge in [-0.3, -0.25) is 9.69 Å². The molecule has 3 N–H and O–H groups in total. The quantitative estimate of drug-likeness (QED) is 0.649. The van der Waals surface area contributed by atoms with Gasteiger partial charge in [0.25, 0.3) is 5.91 Å². The molecule has 5 nitrogen and oxygen atoms in total. The summed E-state index contributed by atoms with van der Waals surface area (Å²) < 4.78 is 0. The molecule has 0 atom stereocenters. The fourth-order valence-corrected chi connectivity index (χ4v) is 3.13. The number of urea groups is 1. The van der Waals surface area contributed by atoms with E-state index in [1.54, 1.807) is 18.2 Å². The topological polar surface area (TPSA) is 75.4 Å². The minimum Gasteiger partial charge on any atom is -0.398 e. The highest BCUT2D eigenvalue weighted by atomic mass is 35.5. The first-order valence-electron chi connectivity index (χ1n) is 6.70. The van der Waals surface area contributed by atoms with E-state index >= 15 is 0 Å². The van der Waals surface area contributed by atoms with Crippen molar-refractivity contribution in [2.45, 2.75) is 37.8 Å². The number of hydrogen-bond donors (Lipinski definition) is 2. The van der Waals surface area contributed by atoms with Gasteiger partial charge in [-0.2, -0.15) is 0 Å². The molecule has 2 aliphatic rings. The molecule has 1 aromatic carbocycles. The summed E-state index contributed by atoms with van der Waals surface area (Å²) in [6, 6.07) is 4.84. The lowest BCUT2D eigenvalue weighted by Gasteiger charge is -2.20. The zero-order valence-electron chi connectivity index (χ0n) is 11.0. The summed E-state index contributed by atoms with van der Waals surface area (Å²) in [5.41, 5.74) is 6.33. The fraction of sp³-hybridized carbons (Fsp3) is 0.429. The Labute approximate surface area is 122 Å². The van der Waals surface area contributed by atoms with Gasteiger partial charge < -0.3 is 11.1 Å². The molecular weight excluding hydrogens is 278 g/mol. The number of rotatable bonds is 2. The Morgan fingerprint density at radius 1 is 1.30 bits per heavy atom. The summed E-state index contributed by atoms with van der Waals surface area (Å²) in [5, 5.41) is 3.33. The molecular formula is C14H16ClN3O2. The molecule has 0 aromatic heterocycles. The van der Waals surface area contributed by atoms with E-state index in [1.165, 1.54) is 4.90 Å². The van der Waals surface area contributed by atoms with Crippen LogP contribution in [0.15, 0.2) is 18.2 Å². The molecule has 1 spiro atoms. The number of nitrogen functional groups attached to an aromatic ring is 1. The van der Waals surface area contributed by atoms with E-state index in [0.29, 0.717) is 10.7 Å². The smallest absolute Gasteiger partial charge is 0.325 e. The molecule has 20 heavy (non-hydrogen) atoms. The molecule has 1 heterocycles. The molecule has 106 valence electrons. The van der Waals surface area contributed by atoms with Crippen LogP contribution in [0.4, 0.5) is 10.5 Å². The lowest BCUT2D eigenvalue weighted by atomic mass is 9.98. The highest BCUT2D eigenvalue weighted by Crippen LogP contribution is 2.35. The van der Waals surface area contributed by atoms with Crippen LogP contribution in [0.5, 0.6) is 0 Å². The van der Waals surface area contributed by atoms with Gasteiger partial charge in [-0.05, 0) is 30.5 Å². The second-order valence-electron chi connectivity index (χ2n) is 5.47. The largest absolute Gasteiger partial charge is 0.398 e. The van der Waals surface area contributed by atoms with Crippen LogP contribution in [0.1, 0.15) is 31.2 Å². The van der Waals surface area contributed by atoms with Crippen LogP contribution < -0.4 is 11.1 Å². The predicted octanol–water partition coefficient (Wildman–Crippen LogP) is 2.29. The van der Waals surface area contributed by atoms with Gasteiger partial charge in [0.1, 0.15) is 5.54 Å². The molecule has 3 amide bonds. The Hall–Kier alpha value is -1.75. The molecule has 3 rings (SSSR count). The predicted molar refractivity (Wildman–Crippen MR) is 76.1 cm³/mol. The number of nitrogens with two attached hydrogens (primary N) is 1. The Morgan fingerprint density at radius 3 is 2.65 bits per heavy atom. The Bertz CT molecular complexity index is 582. The Balaban J connectivity index is 1.82. The zero-order valence-corrected chi connectivity index (χ0v) is 11.7. The van der Waals surface area contributed by atoms with E-state index < -0.39 is 5.54 Å². The van der Waals surface area contributed by atoms with Crippen LogP contribution in [0.3, 0.4) is 0 Å². The van der Waals surface area contributed by atoms with Crippen LogP contribution >= 0.6 is 11.6 Å². The maximum absolute atomic E-state index is 12.5. The zero-order chi connectivity index (χ0) is 14.3. The molecule has 1 aliphatic carbocycles. The number of carbonyl (C=O) groups is 2. The first-order valence-corrected chi connectivity index (χ1v) is 7.08. The average molecular weight is 294 g/mol. The second-order valence-corrected chi connectivity index (χ2v) is 5.87. The number of halogens is 1. The molecule has 1 saturated carbocycles. The van der Waals surface area contributed by atoms with Crippen molar-refractivity contribution >= 4 is 29.2 Å². The third kappa shape index (κ3) is 2.02. The summed E-state index contributed by atoms with van der Waals surface area (Å²) in [6.07, 6.45) is 3.43. The molecule has 1 saturated heterocycles. The maximum Gasteiger partial charge on any atom is 0.325 e. The van der Waals surface area contributed by atoms with Gasteiger partial charge in [0.2, 0.25) is 0 Å². The average Bonchev–Trinajstić information content (AvgIpc) is 2.96. The monoisotopic (exact) mass is 293 g/mol. The van der Waals surface area contributed by atoms with Crippen molar-refractivity contribution in [3.05, 3.63) is 28.8 Å². The molecule has 0 radical (unpaired) electrons. The number of imide groups is 1. The molecule has 0 bridgehead atoms. The summed E-state index contributed by atoms with van der Waals surface area (Å²) in [4.78, 5) is 25.8. The van der Waals surface area contributed by atoms with Crippen molar-refractivity contribution in [2.75, 3.05) is 5.73 Å². The number of carbonyl (C=O) groups excluding carboxylic acids is 2. The SMILES string of the molecule is Nc1cc(CN2C(=O)NC3(CCCC3)C2=O)ccc1Cl. The summed E-state index contributed by atoms with van der Waals surface area (Å²) in [6.45, 7) is 0.230. The van der Waals surface area contributed by atoms with E-state index in [4.69, 9.17) is 17.3 Å². The Morgan fingerprint density at radius 2 is 2.00 bits per heavy atom. The molecule has 2 fully saturated rings. The van der Waals surface area contributed by atoms with Crippen molar-refractivity contribution < 1.29 is 9.59 Å². The van der Waals surface area contributed by atoms with Gasteiger partial charge in [-0.1, -0.05) is 30.5 Å². The van der Waals surface area contributed by atoms with Crippen LogP contribution in [0, 0.1) is 0 Å². The van der Waals surface area contributed by atoms with E-state index in [1.807, 2.05) is 0 Å². The number of anilines is 1. The van der Waals surface area contributed by atoms with E-state index in [0.717, 1.165) is 31.2 Å². The molecule has 0 unspecified atom stereocenters. The first kappa shape index (κ1) is 13.2. The molecule has 1 aliphatic heterocycles. The van der Waals surface area contributed by atoms with Crippen LogP contribution in [0.25, 0.3) is 0 Å². The van der Waals surface area contributed by atoms with Gasteiger partial charge in [0.15, 0.2) is 0 Å². The standard InChI is InChI=1S/C14H16ClN3O2/c15-10-4-3-9(7-11(10)16)8-18-12(19)14(17-13(18)20)5-1-2-6-14/h3-4,7H,1-2,5-6,8,16H2,(H,17,20). The summed E-state index contributed by atoms with van der Waals surface area (Å²) >= 11 is 5.87. The van der Waals surface area contributed by atoms with E-state index in [-0.39, 0.29) is 18.5 Å². The summed E-state index contributed by atoms with van der Waals surface area (Å²) in [7, 11) is 0. The van der Waals surface area contributed by atoms with Gasteiger partial charge >= 0.3 is 6.03 Å². The number of amides is 3. The van der Waals surface area contributed by atoms with Gasteiger partial charge in [0.05, 0.1) is 17.3 Å². The van der Waals surface area contributed by atoms with Gasteiger partial charge in [0, 0.05) is 0 Å². The van der Waals surface area contributed by atoms with E-state index in [2.05, 4.69) is 5.32 Å². The lowest BCUT2D eigenvalue weighted by molar-refractivity contribution is -0.131. The highest BCUT2D eigenvalue weighted by Gasteiger charge is 2.52. The van der Waals surface area contributed by atoms with Crippen LogP contribution in [-0.2, 0) is 11.3 Å². The molecule has 6 heteroatoms. The van der Waals surface area contributed by atoms with Crippen molar-refractivity contribution in [1.82, 2.24) is 10.2 Å². The first-order chi connectivity index (χ1) is 9.52. The third-order valence-electron chi connectivity index (χ3n) is 4.10. The third-order valence-corrected chi connectivity index (χ3v) is 4.45. The minimum atomic E-state index is -0.658. The Kier molecular flexibility index (Phi) is 3.09. The lowest BCUT2D eigenvalue weighted by Crippen LogP contribution is -2.44. The van der Waals surface area contributed by atoms with Crippen LogP contribution in [0.2, 0.25) is 5.02 Å². The summed E-state index contributed by atoms with van der Waals surface area (Å²) in [5.74, 6) is -0.117. The normalized spacial score (nSPS) is 20.8. The van der Waals surface area contributed by atoms with Gasteiger partial charge in [-0.25, -0.2) is 4.79 Å². The van der Waals surface area contributed by atoms with Gasteiger partial charge in [-0.15, -0.1) is 0 Å². The second kappa shape index (κ2) is 4.66. The van der Waals surface area contributed by atoms with Crippen molar-refractivity contribution in [2.24, 2.45) is 0 Å². The number of nitrogens with one attached hydrogen (secondary N) is 1. The van der Waals surface area contributed by atoms with Crippen molar-refractivity contribution in [3.63, 3.8) is 0 Å². The fourth-order valence-electron chi connectivity index (χ4n) is 3.01. The van der Waals surface area contributed by atoms with Crippen molar-refractivity contribution in [3.8, 4) is 0 Å². The van der Waals surface area contributed by atoms with Crippen molar-refractivity contribution in [1.29, 1.82) is 0 Å². The molecule has 1 aromatic rings. The highest BCUT2D eigenvalue weighted by molar-refractivity contribution is 6.33. The number of hydrogen-bond acceptors (Lipinski definition) is 3. The minimum absolute atomic E-state index is 0.117. The van der Waals surface area contributed by atoms with E-state index in [9.17, 15) is 9.59 Å². The maximum atomic E-state index is 12.5. The number of benzene rings is 1. The number of nitrogens with zero attached hydrogens (tertiary/aromatic N) is 1.